The molecule has 0 radical (unpaired) electrons. The molecule has 0 saturated carbocycles. The predicted molar refractivity (Wildman–Crippen MR) is 58.3 cm³/mol. The van der Waals surface area contributed by atoms with Gasteiger partial charge in [0.05, 0.1) is 25.3 Å². The number of carbonyl (C=O) groups is 2. The largest absolute Gasteiger partial charge is 0.507 e. The van der Waals surface area contributed by atoms with E-state index in [2.05, 4.69) is 21.3 Å². The molecule has 0 unspecified atom stereocenters. The van der Waals surface area contributed by atoms with Crippen molar-refractivity contribution in [2.24, 2.45) is 0 Å². The average Bonchev–Trinajstić information content (AvgIpc) is 2.36. The summed E-state index contributed by atoms with van der Waals surface area (Å²) >= 11 is 0. The van der Waals surface area contributed by atoms with Crippen LogP contribution in [0.5, 0.6) is 5.75 Å². The molecule has 1 aromatic carbocycles. The Morgan fingerprint density at radius 1 is 1.24 bits per heavy atom. The number of hydrogen-bond donors (Lipinski definition) is 1. The quantitative estimate of drug-likeness (QED) is 0.572. The van der Waals surface area contributed by atoms with Gasteiger partial charge in [0.15, 0.2) is 0 Å². The first kappa shape index (κ1) is 12.6. The number of methoxy groups -OCH3 is 2. The van der Waals surface area contributed by atoms with Crippen molar-refractivity contribution in [3.8, 4) is 17.6 Å². The summed E-state index contributed by atoms with van der Waals surface area (Å²) in [7, 11) is 2.44. The van der Waals surface area contributed by atoms with Crippen molar-refractivity contribution >= 4 is 11.9 Å². The highest BCUT2D eigenvalue weighted by Gasteiger charge is 2.08. The third-order valence-corrected chi connectivity index (χ3v) is 1.90. The van der Waals surface area contributed by atoms with Crippen molar-refractivity contribution in [2.75, 3.05) is 14.2 Å². The molecule has 0 saturated heterocycles. The standard InChI is InChI=1S/C12H10O5/c1-16-11(14)6-4-8-7-9(12(15)17-2)3-5-10(8)13/h3,5,7,13H,1-2H3. The molecule has 17 heavy (non-hydrogen) atoms. The number of benzene rings is 1. The smallest absolute Gasteiger partial charge is 0.384 e. The van der Waals surface area contributed by atoms with E-state index < -0.39 is 11.9 Å². The van der Waals surface area contributed by atoms with Crippen LogP contribution in [0.2, 0.25) is 0 Å². The van der Waals surface area contributed by atoms with Crippen LogP contribution in [0.15, 0.2) is 18.2 Å². The van der Waals surface area contributed by atoms with Crippen LogP contribution in [0.3, 0.4) is 0 Å². The SMILES string of the molecule is COC(=O)C#Cc1cc(C(=O)OC)ccc1O. The molecule has 1 N–H and O–H groups in total. The van der Waals surface area contributed by atoms with E-state index in [-0.39, 0.29) is 16.9 Å². The Balaban J connectivity index is 3.09. The Hall–Kier alpha value is -2.48. The summed E-state index contributed by atoms with van der Waals surface area (Å²) in [6, 6.07) is 4.02. The number of phenolic OH excluding ortho intramolecular Hbond substituents is 1. The number of esters is 2. The van der Waals surface area contributed by atoms with Crippen LogP contribution in [0.1, 0.15) is 15.9 Å². The highest BCUT2D eigenvalue weighted by Crippen LogP contribution is 2.17. The number of rotatable bonds is 1. The number of carbonyl (C=O) groups excluding carboxylic acids is 2. The lowest BCUT2D eigenvalue weighted by Gasteiger charge is -2.01. The number of aromatic hydroxyl groups is 1. The van der Waals surface area contributed by atoms with Crippen LogP contribution in [0.25, 0.3) is 0 Å². The molecule has 1 rings (SSSR count). The Labute approximate surface area is 98.0 Å². The molecule has 0 amide bonds. The first-order valence-corrected chi connectivity index (χ1v) is 4.59. The van der Waals surface area contributed by atoms with E-state index in [1.165, 1.54) is 32.4 Å². The summed E-state index contributed by atoms with van der Waals surface area (Å²) in [6.45, 7) is 0. The Bertz CT molecular complexity index is 507. The molecule has 5 nitrogen and oxygen atoms in total. The maximum Gasteiger partial charge on any atom is 0.384 e. The van der Waals surface area contributed by atoms with E-state index in [1.807, 2.05) is 0 Å². The van der Waals surface area contributed by atoms with Gasteiger partial charge in [0.1, 0.15) is 5.75 Å². The average molecular weight is 234 g/mol. The van der Waals surface area contributed by atoms with Gasteiger partial charge in [-0.3, -0.25) is 0 Å². The van der Waals surface area contributed by atoms with E-state index in [4.69, 9.17) is 0 Å². The molecule has 88 valence electrons. The van der Waals surface area contributed by atoms with Gasteiger partial charge in [-0.2, -0.15) is 0 Å². The van der Waals surface area contributed by atoms with Crippen molar-refractivity contribution in [3.05, 3.63) is 29.3 Å². The predicted octanol–water partition coefficient (Wildman–Crippen LogP) is 0.703. The molecular formula is C12H10O5. The highest BCUT2D eigenvalue weighted by atomic mass is 16.5. The fourth-order valence-corrected chi connectivity index (χ4v) is 1.05. The second kappa shape index (κ2) is 5.56. The van der Waals surface area contributed by atoms with Gasteiger partial charge in [0, 0.05) is 5.92 Å². The molecule has 1 aromatic rings. The maximum atomic E-state index is 11.2. The zero-order valence-corrected chi connectivity index (χ0v) is 9.31. The minimum atomic E-state index is -0.729. The van der Waals surface area contributed by atoms with Crippen LogP contribution in [-0.2, 0) is 14.3 Å². The molecule has 0 aliphatic rings. The summed E-state index contributed by atoms with van der Waals surface area (Å²) in [5, 5.41) is 9.47. The molecule has 0 aromatic heterocycles. The molecular weight excluding hydrogens is 224 g/mol. The number of ether oxygens (including phenoxy) is 2. The normalized spacial score (nSPS) is 8.82. The maximum absolute atomic E-state index is 11.2. The van der Waals surface area contributed by atoms with Crippen molar-refractivity contribution in [2.45, 2.75) is 0 Å². The van der Waals surface area contributed by atoms with Crippen molar-refractivity contribution < 1.29 is 24.2 Å². The Morgan fingerprint density at radius 2 is 1.94 bits per heavy atom. The zero-order valence-electron chi connectivity index (χ0n) is 9.31. The third kappa shape index (κ3) is 3.24. The van der Waals surface area contributed by atoms with E-state index in [0.717, 1.165) is 0 Å². The van der Waals surface area contributed by atoms with Gasteiger partial charge >= 0.3 is 11.9 Å². The molecule has 0 fully saturated rings. The second-order valence-electron chi connectivity index (χ2n) is 2.97. The summed E-state index contributed by atoms with van der Waals surface area (Å²) in [5.41, 5.74) is 0.387. The first-order chi connectivity index (χ1) is 8.08. The Kier molecular flexibility index (Phi) is 4.12. The highest BCUT2D eigenvalue weighted by molar-refractivity contribution is 5.91. The molecule has 5 heteroatoms. The lowest BCUT2D eigenvalue weighted by atomic mass is 10.1. The van der Waals surface area contributed by atoms with Crippen molar-refractivity contribution in [1.29, 1.82) is 0 Å². The van der Waals surface area contributed by atoms with Gasteiger partial charge in [-0.1, -0.05) is 5.92 Å². The fourth-order valence-electron chi connectivity index (χ4n) is 1.05. The first-order valence-electron chi connectivity index (χ1n) is 4.59. The van der Waals surface area contributed by atoms with Gasteiger partial charge in [-0.05, 0) is 18.2 Å². The van der Waals surface area contributed by atoms with Crippen LogP contribution in [0.4, 0.5) is 0 Å². The monoisotopic (exact) mass is 234 g/mol. The fraction of sp³-hybridized carbons (Fsp3) is 0.167. The van der Waals surface area contributed by atoms with Gasteiger partial charge in [0.25, 0.3) is 0 Å². The van der Waals surface area contributed by atoms with Crippen molar-refractivity contribution in [1.82, 2.24) is 0 Å². The summed E-state index contributed by atoms with van der Waals surface area (Å²) < 4.78 is 8.84. The third-order valence-electron chi connectivity index (χ3n) is 1.90. The van der Waals surface area contributed by atoms with Gasteiger partial charge < -0.3 is 14.6 Å². The molecule has 0 aliphatic heterocycles. The molecule has 0 atom stereocenters. The lowest BCUT2D eigenvalue weighted by molar-refractivity contribution is -0.133. The van der Waals surface area contributed by atoms with E-state index in [9.17, 15) is 14.7 Å². The van der Waals surface area contributed by atoms with Crippen LogP contribution in [-0.4, -0.2) is 31.3 Å². The topological polar surface area (TPSA) is 72.8 Å². The second-order valence-corrected chi connectivity index (χ2v) is 2.97. The van der Waals surface area contributed by atoms with Crippen LogP contribution < -0.4 is 0 Å². The van der Waals surface area contributed by atoms with Crippen LogP contribution >= 0.6 is 0 Å². The molecule has 0 heterocycles. The summed E-state index contributed by atoms with van der Waals surface area (Å²) in [6.07, 6.45) is 0. The van der Waals surface area contributed by atoms with Crippen molar-refractivity contribution in [3.63, 3.8) is 0 Å². The Morgan fingerprint density at radius 3 is 2.53 bits per heavy atom. The van der Waals surface area contributed by atoms with E-state index in [1.54, 1.807) is 0 Å². The van der Waals surface area contributed by atoms with E-state index >= 15 is 0 Å². The van der Waals surface area contributed by atoms with Crippen LogP contribution in [0, 0.1) is 11.8 Å². The minimum Gasteiger partial charge on any atom is -0.507 e. The van der Waals surface area contributed by atoms with E-state index in [0.29, 0.717) is 0 Å². The molecule has 0 aliphatic carbocycles. The number of hydrogen-bond acceptors (Lipinski definition) is 5. The summed E-state index contributed by atoms with van der Waals surface area (Å²) in [5.74, 6) is 3.14. The molecule has 0 bridgehead atoms. The summed E-state index contributed by atoms with van der Waals surface area (Å²) in [4.78, 5) is 22.0. The van der Waals surface area contributed by atoms with Gasteiger partial charge in [-0.15, -0.1) is 0 Å². The van der Waals surface area contributed by atoms with Gasteiger partial charge in [0.2, 0.25) is 0 Å². The molecule has 0 spiro atoms. The van der Waals surface area contributed by atoms with Gasteiger partial charge in [-0.25, -0.2) is 9.59 Å². The number of phenols is 1. The minimum absolute atomic E-state index is 0.131. The zero-order chi connectivity index (χ0) is 12.8. The lowest BCUT2D eigenvalue weighted by Crippen LogP contribution is -2.01.